The van der Waals surface area contributed by atoms with Crippen LogP contribution in [0.15, 0.2) is 18.2 Å². The number of hydrogen-bond acceptors (Lipinski definition) is 3. The number of rotatable bonds is 2. The van der Waals surface area contributed by atoms with Gasteiger partial charge in [0, 0.05) is 12.1 Å². The first-order chi connectivity index (χ1) is 7.08. The Morgan fingerprint density at radius 1 is 1.44 bits per heavy atom. The van der Waals surface area contributed by atoms with E-state index < -0.39 is 0 Å². The maximum absolute atomic E-state index is 13.0. The summed E-state index contributed by atoms with van der Waals surface area (Å²) in [5, 5.41) is 0.124. The lowest BCUT2D eigenvalue weighted by Crippen LogP contribution is -2.17. The van der Waals surface area contributed by atoms with Crippen molar-refractivity contribution in [2.45, 2.75) is 5.25 Å². The van der Waals surface area contributed by atoms with Crippen LogP contribution < -0.4 is 0 Å². The molecule has 0 bridgehead atoms. The number of halogens is 2. The molecule has 2 rings (SSSR count). The van der Waals surface area contributed by atoms with Crippen molar-refractivity contribution in [1.82, 2.24) is 4.90 Å². The lowest BCUT2D eigenvalue weighted by Gasteiger charge is -2.15. The Kier molecular flexibility index (Phi) is 4.35. The van der Waals surface area contributed by atoms with E-state index in [9.17, 15) is 9.18 Å². The molecule has 0 saturated carbocycles. The zero-order chi connectivity index (χ0) is 11.0. The van der Waals surface area contributed by atoms with Crippen molar-refractivity contribution in [3.8, 4) is 0 Å². The van der Waals surface area contributed by atoms with E-state index in [2.05, 4.69) is 0 Å². The van der Waals surface area contributed by atoms with Crippen molar-refractivity contribution >= 4 is 29.3 Å². The largest absolute Gasteiger partial charge is 0.308 e. The number of carbonyl (C=O) groups excluding carboxylic acids is 1. The molecule has 1 atom stereocenters. The fourth-order valence-electron chi connectivity index (χ4n) is 1.71. The number of thioether (sulfide) groups is 1. The van der Waals surface area contributed by atoms with E-state index in [1.165, 1.54) is 23.9 Å². The van der Waals surface area contributed by atoms with Gasteiger partial charge in [0.05, 0.1) is 5.25 Å². The molecular weight excluding hydrogens is 249 g/mol. The van der Waals surface area contributed by atoms with Crippen LogP contribution in [0.2, 0.25) is 0 Å². The second-order valence-electron chi connectivity index (χ2n) is 3.89. The van der Waals surface area contributed by atoms with Crippen molar-refractivity contribution in [3.63, 3.8) is 0 Å². The van der Waals surface area contributed by atoms with Crippen molar-refractivity contribution in [3.05, 3.63) is 35.1 Å². The molecule has 1 aliphatic heterocycles. The van der Waals surface area contributed by atoms with Gasteiger partial charge in [-0.05, 0) is 31.8 Å². The molecule has 16 heavy (non-hydrogen) atoms. The van der Waals surface area contributed by atoms with Gasteiger partial charge in [0.1, 0.15) is 5.82 Å². The highest BCUT2D eigenvalue weighted by molar-refractivity contribution is 8.14. The summed E-state index contributed by atoms with van der Waals surface area (Å²) in [6, 6.07) is 4.47. The maximum atomic E-state index is 13.0. The Morgan fingerprint density at radius 2 is 2.12 bits per heavy atom. The predicted octanol–water partition coefficient (Wildman–Crippen LogP) is 2.74. The van der Waals surface area contributed by atoms with E-state index in [0.717, 1.165) is 12.1 Å². The van der Waals surface area contributed by atoms with Crippen LogP contribution in [0.1, 0.15) is 21.2 Å². The maximum Gasteiger partial charge on any atom is 0.220 e. The molecule has 1 aromatic rings. The third-order valence-corrected chi connectivity index (χ3v) is 3.48. The molecule has 1 unspecified atom stereocenters. The highest BCUT2D eigenvalue weighted by atomic mass is 35.5. The first-order valence-corrected chi connectivity index (χ1v) is 5.61. The summed E-state index contributed by atoms with van der Waals surface area (Å²) < 4.78 is 13.0. The summed E-state index contributed by atoms with van der Waals surface area (Å²) in [5.74, 6) is -0.340. The Labute approximate surface area is 105 Å². The van der Waals surface area contributed by atoms with E-state index in [4.69, 9.17) is 0 Å². The van der Waals surface area contributed by atoms with Crippen LogP contribution in [0.5, 0.6) is 0 Å². The van der Waals surface area contributed by atoms with E-state index in [1.807, 2.05) is 19.0 Å². The molecule has 5 heteroatoms. The predicted molar refractivity (Wildman–Crippen MR) is 66.9 cm³/mol. The Hall–Kier alpha value is -0.580. The molecule has 0 N–H and O–H groups in total. The van der Waals surface area contributed by atoms with E-state index >= 15 is 0 Å². The average molecular weight is 262 g/mol. The van der Waals surface area contributed by atoms with Gasteiger partial charge in [0.25, 0.3) is 0 Å². The average Bonchev–Trinajstić information content (AvgIpc) is 2.42. The fourth-order valence-corrected chi connectivity index (χ4v) is 2.98. The Bertz CT molecular complexity index is 411. The minimum Gasteiger partial charge on any atom is -0.308 e. The number of likely N-dealkylation sites (N-methyl/N-ethyl adjacent to an activating group) is 1. The lowest BCUT2D eigenvalue weighted by atomic mass is 10.1. The topological polar surface area (TPSA) is 20.3 Å². The second kappa shape index (κ2) is 5.17. The zero-order valence-corrected chi connectivity index (χ0v) is 10.7. The summed E-state index contributed by atoms with van der Waals surface area (Å²) in [4.78, 5) is 13.6. The number of fused-ring (bicyclic) bond motifs is 1. The summed E-state index contributed by atoms with van der Waals surface area (Å²) in [6.07, 6.45) is 0. The third kappa shape index (κ3) is 2.56. The minimum absolute atomic E-state index is 0. The van der Waals surface area contributed by atoms with Crippen LogP contribution in [0, 0.1) is 5.82 Å². The standard InChI is InChI=1S/C11H12FNOS.ClH/c1-13(2)6-10-8-4-3-7(12)5-9(8)11(14)15-10;/h3-5,10H,6H2,1-2H3;1H. The molecule has 0 aliphatic carbocycles. The van der Waals surface area contributed by atoms with Crippen LogP contribution in [0.25, 0.3) is 0 Å². The van der Waals surface area contributed by atoms with E-state index in [-0.39, 0.29) is 28.6 Å². The molecule has 0 aromatic heterocycles. The number of hydrogen-bond donors (Lipinski definition) is 0. The third-order valence-electron chi connectivity index (χ3n) is 2.36. The molecule has 1 heterocycles. The van der Waals surface area contributed by atoms with Gasteiger partial charge < -0.3 is 4.90 Å². The van der Waals surface area contributed by atoms with Crippen molar-refractivity contribution < 1.29 is 9.18 Å². The quantitative estimate of drug-likeness (QED) is 0.817. The van der Waals surface area contributed by atoms with Gasteiger partial charge in [-0.25, -0.2) is 4.39 Å². The molecule has 0 radical (unpaired) electrons. The van der Waals surface area contributed by atoms with Crippen LogP contribution in [-0.2, 0) is 0 Å². The first kappa shape index (κ1) is 13.5. The smallest absolute Gasteiger partial charge is 0.220 e. The van der Waals surface area contributed by atoms with Gasteiger partial charge in [-0.3, -0.25) is 4.79 Å². The van der Waals surface area contributed by atoms with Gasteiger partial charge in [-0.1, -0.05) is 17.8 Å². The van der Waals surface area contributed by atoms with Gasteiger partial charge in [0.15, 0.2) is 0 Å². The van der Waals surface area contributed by atoms with Gasteiger partial charge >= 0.3 is 0 Å². The fraction of sp³-hybridized carbons (Fsp3) is 0.364. The number of carbonyl (C=O) groups is 1. The second-order valence-corrected chi connectivity index (χ2v) is 5.06. The lowest BCUT2D eigenvalue weighted by molar-refractivity contribution is 0.109. The first-order valence-electron chi connectivity index (χ1n) is 4.73. The summed E-state index contributed by atoms with van der Waals surface area (Å²) in [6.45, 7) is 0.801. The number of nitrogens with zero attached hydrogens (tertiary/aromatic N) is 1. The minimum atomic E-state index is -0.340. The van der Waals surface area contributed by atoms with Crippen LogP contribution in [0.3, 0.4) is 0 Å². The van der Waals surface area contributed by atoms with Gasteiger partial charge in [-0.2, -0.15) is 0 Å². The zero-order valence-electron chi connectivity index (χ0n) is 9.07. The van der Waals surface area contributed by atoms with Crippen LogP contribution >= 0.6 is 24.2 Å². The molecule has 0 spiro atoms. The summed E-state index contributed by atoms with van der Waals surface area (Å²) in [7, 11) is 3.93. The molecule has 0 amide bonds. The Morgan fingerprint density at radius 3 is 2.75 bits per heavy atom. The molecular formula is C11H13ClFNOS. The van der Waals surface area contributed by atoms with Crippen molar-refractivity contribution in [2.75, 3.05) is 20.6 Å². The van der Waals surface area contributed by atoms with E-state index in [1.54, 1.807) is 6.07 Å². The normalized spacial score (nSPS) is 18.5. The highest BCUT2D eigenvalue weighted by Crippen LogP contribution is 2.41. The molecule has 88 valence electrons. The van der Waals surface area contributed by atoms with Crippen LogP contribution in [0.4, 0.5) is 4.39 Å². The van der Waals surface area contributed by atoms with E-state index in [0.29, 0.717) is 5.56 Å². The number of benzene rings is 1. The van der Waals surface area contributed by atoms with Crippen molar-refractivity contribution in [2.24, 2.45) is 0 Å². The molecule has 0 saturated heterocycles. The molecule has 1 aliphatic rings. The summed E-state index contributed by atoms with van der Waals surface area (Å²) >= 11 is 1.28. The SMILES string of the molecule is CN(C)CC1SC(=O)c2cc(F)ccc21.Cl. The summed E-state index contributed by atoms with van der Waals surface area (Å²) in [5.41, 5.74) is 1.49. The van der Waals surface area contributed by atoms with Crippen molar-refractivity contribution in [1.29, 1.82) is 0 Å². The van der Waals surface area contributed by atoms with Gasteiger partial charge in [0.2, 0.25) is 5.12 Å². The molecule has 1 aromatic carbocycles. The van der Waals surface area contributed by atoms with Gasteiger partial charge in [-0.15, -0.1) is 12.4 Å². The molecule has 2 nitrogen and oxygen atoms in total. The van der Waals surface area contributed by atoms with Crippen LogP contribution in [-0.4, -0.2) is 30.7 Å². The Balaban J connectivity index is 0.00000128. The highest BCUT2D eigenvalue weighted by Gasteiger charge is 2.30. The molecule has 0 fully saturated rings. The monoisotopic (exact) mass is 261 g/mol.